The fourth-order valence-electron chi connectivity index (χ4n) is 3.99. The molecule has 3 unspecified atom stereocenters. The summed E-state index contributed by atoms with van der Waals surface area (Å²) in [7, 11) is 0. The summed E-state index contributed by atoms with van der Waals surface area (Å²) in [4.78, 5) is 23.8. The molecule has 0 radical (unpaired) electrons. The molecule has 0 aromatic heterocycles. The van der Waals surface area contributed by atoms with Crippen molar-refractivity contribution in [2.45, 2.75) is 56.5 Å². The average Bonchev–Trinajstić information content (AvgIpc) is 2.97. The minimum absolute atomic E-state index is 0.0577. The maximum Gasteiger partial charge on any atom is 0.490 e. The second-order valence-electron chi connectivity index (χ2n) is 8.07. The molecule has 2 saturated heterocycles. The molecule has 3 aliphatic rings. The average molecular weight is 428 g/mol. The zero-order chi connectivity index (χ0) is 21.7. The second kappa shape index (κ2) is 9.78. The Hall–Kier alpha value is -2.13. The predicted molar refractivity (Wildman–Crippen MR) is 103 cm³/mol. The maximum atomic E-state index is 12.5. The SMILES string of the molecule is O=C(NC1CCC1)C1CC2CN(CCc3ccccc3)CC1O2.O=C(O)C(F)(F)F. The number of amides is 1. The van der Waals surface area contributed by atoms with Crippen LogP contribution in [-0.4, -0.2) is 65.9 Å². The van der Waals surface area contributed by atoms with E-state index in [2.05, 4.69) is 40.5 Å². The molecule has 1 aliphatic carbocycles. The number of carboxylic acids is 1. The number of fused-ring (bicyclic) bond motifs is 2. The van der Waals surface area contributed by atoms with Gasteiger partial charge in [-0.2, -0.15) is 13.2 Å². The lowest BCUT2D eigenvalue weighted by atomic mass is 9.91. The van der Waals surface area contributed by atoms with Gasteiger partial charge in [-0.15, -0.1) is 0 Å². The summed E-state index contributed by atoms with van der Waals surface area (Å²) in [5, 5.41) is 10.3. The Morgan fingerprint density at radius 3 is 2.40 bits per heavy atom. The lowest BCUT2D eigenvalue weighted by Gasteiger charge is -2.33. The number of benzene rings is 1. The van der Waals surface area contributed by atoms with Crippen LogP contribution in [0.1, 0.15) is 31.2 Å². The van der Waals surface area contributed by atoms with E-state index < -0.39 is 12.1 Å². The fraction of sp³-hybridized carbons (Fsp3) is 0.619. The number of nitrogens with one attached hydrogen (secondary N) is 1. The second-order valence-corrected chi connectivity index (χ2v) is 8.07. The zero-order valence-electron chi connectivity index (χ0n) is 16.6. The number of carbonyl (C=O) groups is 2. The number of likely N-dealkylation sites (tertiary alicyclic amines) is 1. The number of halogens is 3. The van der Waals surface area contributed by atoms with Crippen molar-refractivity contribution in [3.05, 3.63) is 35.9 Å². The van der Waals surface area contributed by atoms with Gasteiger partial charge in [0, 0.05) is 25.7 Å². The molecule has 3 fully saturated rings. The summed E-state index contributed by atoms with van der Waals surface area (Å²) in [6.45, 7) is 2.92. The van der Waals surface area contributed by atoms with Crippen molar-refractivity contribution in [2.75, 3.05) is 19.6 Å². The number of morpholine rings is 1. The molecule has 2 N–H and O–H groups in total. The number of hydrogen-bond acceptors (Lipinski definition) is 4. The number of carbonyl (C=O) groups excluding carboxylic acids is 1. The molecule has 3 atom stereocenters. The van der Waals surface area contributed by atoms with Crippen molar-refractivity contribution in [3.63, 3.8) is 0 Å². The Balaban J connectivity index is 0.000000318. The molecule has 0 spiro atoms. The summed E-state index contributed by atoms with van der Waals surface area (Å²) >= 11 is 0. The monoisotopic (exact) mass is 428 g/mol. The van der Waals surface area contributed by atoms with E-state index in [1.807, 2.05) is 0 Å². The molecule has 2 heterocycles. The molecular weight excluding hydrogens is 401 g/mol. The van der Waals surface area contributed by atoms with Crippen LogP contribution in [-0.2, 0) is 20.7 Å². The molecule has 1 aromatic rings. The third-order valence-electron chi connectivity index (χ3n) is 5.82. The molecule has 1 saturated carbocycles. The van der Waals surface area contributed by atoms with Crippen molar-refractivity contribution >= 4 is 11.9 Å². The number of nitrogens with zero attached hydrogens (tertiary/aromatic N) is 1. The number of rotatable bonds is 5. The first-order chi connectivity index (χ1) is 14.2. The highest BCUT2D eigenvalue weighted by Crippen LogP contribution is 2.33. The van der Waals surface area contributed by atoms with Gasteiger partial charge in [0.2, 0.25) is 5.91 Å². The Morgan fingerprint density at radius 2 is 1.83 bits per heavy atom. The van der Waals surface area contributed by atoms with E-state index in [-0.39, 0.29) is 24.0 Å². The lowest BCUT2D eigenvalue weighted by Crippen LogP contribution is -2.48. The van der Waals surface area contributed by atoms with Crippen LogP contribution in [0, 0.1) is 5.92 Å². The van der Waals surface area contributed by atoms with Crippen molar-refractivity contribution in [3.8, 4) is 0 Å². The highest BCUT2D eigenvalue weighted by Gasteiger charge is 2.45. The largest absolute Gasteiger partial charge is 0.490 e. The molecule has 2 bridgehead atoms. The maximum absolute atomic E-state index is 12.5. The van der Waals surface area contributed by atoms with E-state index in [1.54, 1.807) is 0 Å². The van der Waals surface area contributed by atoms with Gasteiger partial charge in [-0.05, 0) is 37.7 Å². The molecular formula is C21H27F3N2O4. The van der Waals surface area contributed by atoms with E-state index in [1.165, 1.54) is 12.0 Å². The van der Waals surface area contributed by atoms with Crippen LogP contribution in [0.4, 0.5) is 13.2 Å². The van der Waals surface area contributed by atoms with Gasteiger partial charge in [0.25, 0.3) is 0 Å². The molecule has 166 valence electrons. The third-order valence-corrected chi connectivity index (χ3v) is 5.82. The zero-order valence-corrected chi connectivity index (χ0v) is 16.6. The molecule has 6 nitrogen and oxygen atoms in total. The normalized spacial score (nSPS) is 26.3. The van der Waals surface area contributed by atoms with Crippen LogP contribution in [0.2, 0.25) is 0 Å². The van der Waals surface area contributed by atoms with Crippen LogP contribution >= 0.6 is 0 Å². The Labute approximate surface area is 173 Å². The van der Waals surface area contributed by atoms with Gasteiger partial charge in [-0.3, -0.25) is 9.69 Å². The van der Waals surface area contributed by atoms with Gasteiger partial charge in [0.1, 0.15) is 0 Å². The van der Waals surface area contributed by atoms with Crippen LogP contribution < -0.4 is 5.32 Å². The van der Waals surface area contributed by atoms with Crippen LogP contribution in [0.15, 0.2) is 30.3 Å². The van der Waals surface area contributed by atoms with Crippen LogP contribution in [0.25, 0.3) is 0 Å². The van der Waals surface area contributed by atoms with E-state index in [4.69, 9.17) is 14.6 Å². The predicted octanol–water partition coefficient (Wildman–Crippen LogP) is 2.62. The molecule has 30 heavy (non-hydrogen) atoms. The first-order valence-electron chi connectivity index (χ1n) is 10.2. The van der Waals surface area contributed by atoms with Crippen molar-refractivity contribution < 1.29 is 32.6 Å². The Kier molecular flexibility index (Phi) is 7.36. The topological polar surface area (TPSA) is 78.9 Å². The molecule has 4 rings (SSSR count). The number of aliphatic carboxylic acids is 1. The first-order valence-corrected chi connectivity index (χ1v) is 10.2. The minimum atomic E-state index is -5.08. The van der Waals surface area contributed by atoms with Gasteiger partial charge >= 0.3 is 12.1 Å². The Bertz CT molecular complexity index is 725. The van der Waals surface area contributed by atoms with Gasteiger partial charge in [-0.25, -0.2) is 4.79 Å². The highest BCUT2D eigenvalue weighted by molar-refractivity contribution is 5.80. The van der Waals surface area contributed by atoms with Gasteiger partial charge in [0.15, 0.2) is 0 Å². The lowest BCUT2D eigenvalue weighted by molar-refractivity contribution is -0.192. The van der Waals surface area contributed by atoms with Crippen molar-refractivity contribution in [2.24, 2.45) is 5.92 Å². The fourth-order valence-corrected chi connectivity index (χ4v) is 3.99. The van der Waals surface area contributed by atoms with E-state index in [0.717, 1.165) is 45.3 Å². The van der Waals surface area contributed by atoms with Crippen molar-refractivity contribution in [1.29, 1.82) is 0 Å². The quantitative estimate of drug-likeness (QED) is 0.754. The summed E-state index contributed by atoms with van der Waals surface area (Å²) in [6.07, 6.45) is 0.759. The summed E-state index contributed by atoms with van der Waals surface area (Å²) < 4.78 is 37.8. The standard InChI is InChI=1S/C19H26N2O2.C2HF3O2/c22-19(20-15-7-4-8-15)17-11-16-12-21(13-18(17)23-16)10-9-14-5-2-1-3-6-14;3-2(4,5)1(6)7/h1-3,5-6,15-18H,4,7-13H2,(H,20,22);(H,6,7). The van der Waals surface area contributed by atoms with Gasteiger partial charge in [-0.1, -0.05) is 30.3 Å². The summed E-state index contributed by atoms with van der Waals surface area (Å²) in [6, 6.07) is 11.0. The number of alkyl halides is 3. The van der Waals surface area contributed by atoms with Crippen LogP contribution in [0.3, 0.4) is 0 Å². The van der Waals surface area contributed by atoms with E-state index in [0.29, 0.717) is 6.04 Å². The van der Waals surface area contributed by atoms with Crippen LogP contribution in [0.5, 0.6) is 0 Å². The summed E-state index contributed by atoms with van der Waals surface area (Å²) in [5.41, 5.74) is 1.38. The molecule has 9 heteroatoms. The van der Waals surface area contributed by atoms with Gasteiger partial charge in [0.05, 0.1) is 18.1 Å². The minimum Gasteiger partial charge on any atom is -0.475 e. The third kappa shape index (κ3) is 6.18. The van der Waals surface area contributed by atoms with E-state index in [9.17, 15) is 18.0 Å². The number of ether oxygens (including phenoxy) is 1. The summed E-state index contributed by atoms with van der Waals surface area (Å²) in [5.74, 6) is -2.47. The Morgan fingerprint density at radius 1 is 1.17 bits per heavy atom. The van der Waals surface area contributed by atoms with E-state index >= 15 is 0 Å². The molecule has 1 amide bonds. The molecule has 2 aliphatic heterocycles. The van der Waals surface area contributed by atoms with Gasteiger partial charge < -0.3 is 15.2 Å². The number of hydrogen-bond donors (Lipinski definition) is 2. The highest BCUT2D eigenvalue weighted by atomic mass is 19.4. The molecule has 1 aromatic carbocycles. The number of carboxylic acid groups (broad SMARTS) is 1. The first kappa shape index (κ1) is 22.6. The van der Waals surface area contributed by atoms with Crippen molar-refractivity contribution in [1.82, 2.24) is 10.2 Å². The smallest absolute Gasteiger partial charge is 0.475 e.